The number of thiophene rings is 1. The number of rotatable bonds is 14. The van der Waals surface area contributed by atoms with Crippen LogP contribution in [0.4, 0.5) is 4.79 Å². The molecule has 2 N–H and O–H groups in total. The van der Waals surface area contributed by atoms with Crippen LogP contribution in [0, 0.1) is 0 Å². The Kier molecular flexibility index (Phi) is 10.2. The molecule has 0 bridgehead atoms. The van der Waals surface area contributed by atoms with Gasteiger partial charge in [-0.2, -0.15) is 0 Å². The first-order chi connectivity index (χ1) is 18.0. The van der Waals surface area contributed by atoms with Crippen LogP contribution in [0.1, 0.15) is 93.7 Å². The zero-order valence-corrected chi connectivity index (χ0v) is 26.4. The van der Waals surface area contributed by atoms with Crippen LogP contribution in [0.15, 0.2) is 60.7 Å². The zero-order valence-electron chi connectivity index (χ0n) is 22.8. The number of carbonyl (C=O) groups is 1. The summed E-state index contributed by atoms with van der Waals surface area (Å²) in [4.78, 5) is 13.2. The molecule has 1 aliphatic carbocycles. The SMILES string of the molecule is CCC[CH2][Sn]([CH2]CCC)([CH2]CCC)[c]1ccc(C(CC2c3ccccc3-c3ccccc32)NC(=O)O)s1. The molecule has 198 valence electrons. The molecule has 4 rings (SSSR count). The number of unbranched alkanes of at least 4 members (excludes halogenated alkanes) is 3. The number of carboxylic acid groups (broad SMARTS) is 1. The predicted octanol–water partition coefficient (Wildman–Crippen LogP) is 9.32. The molecule has 1 aliphatic rings. The minimum absolute atomic E-state index is 0.198. The van der Waals surface area contributed by atoms with Gasteiger partial charge in [-0.05, 0) is 0 Å². The van der Waals surface area contributed by atoms with Crippen LogP contribution in [0.25, 0.3) is 11.1 Å². The summed E-state index contributed by atoms with van der Waals surface area (Å²) in [5.41, 5.74) is 5.22. The topological polar surface area (TPSA) is 49.3 Å². The number of amides is 1. The van der Waals surface area contributed by atoms with E-state index in [1.165, 1.54) is 79.0 Å². The van der Waals surface area contributed by atoms with E-state index in [-0.39, 0.29) is 12.0 Å². The van der Waals surface area contributed by atoms with Crippen molar-refractivity contribution in [3.8, 4) is 11.1 Å². The van der Waals surface area contributed by atoms with Gasteiger partial charge in [0.05, 0.1) is 0 Å². The molecule has 0 spiro atoms. The fourth-order valence-corrected chi connectivity index (χ4v) is 26.5. The van der Waals surface area contributed by atoms with E-state index < -0.39 is 24.5 Å². The molecule has 3 nitrogen and oxygen atoms in total. The van der Waals surface area contributed by atoms with Gasteiger partial charge < -0.3 is 0 Å². The van der Waals surface area contributed by atoms with E-state index in [2.05, 4.69) is 86.8 Å². The van der Waals surface area contributed by atoms with Gasteiger partial charge in [0.25, 0.3) is 0 Å². The van der Waals surface area contributed by atoms with Crippen LogP contribution >= 0.6 is 11.3 Å². The molecule has 0 saturated carbocycles. The van der Waals surface area contributed by atoms with Crippen molar-refractivity contribution in [1.82, 2.24) is 5.32 Å². The van der Waals surface area contributed by atoms with Crippen molar-refractivity contribution in [2.75, 3.05) is 0 Å². The van der Waals surface area contributed by atoms with E-state index in [9.17, 15) is 9.90 Å². The second kappa shape index (κ2) is 13.3. The maximum atomic E-state index is 12.0. The summed E-state index contributed by atoms with van der Waals surface area (Å²) < 4.78 is 5.98. The molecule has 0 saturated heterocycles. The average Bonchev–Trinajstić information content (AvgIpc) is 3.53. The molecule has 5 heteroatoms. The normalized spacial score (nSPS) is 13.8. The molecule has 1 aromatic heterocycles. The van der Waals surface area contributed by atoms with E-state index in [4.69, 9.17) is 0 Å². The second-order valence-electron chi connectivity index (χ2n) is 10.8. The number of hydrogen-bond donors (Lipinski definition) is 2. The van der Waals surface area contributed by atoms with E-state index in [1.807, 2.05) is 11.3 Å². The van der Waals surface area contributed by atoms with Crippen molar-refractivity contribution in [3.63, 3.8) is 0 Å². The van der Waals surface area contributed by atoms with Crippen LogP contribution < -0.4 is 8.21 Å². The van der Waals surface area contributed by atoms with Gasteiger partial charge in [-0.15, -0.1) is 0 Å². The number of hydrogen-bond acceptors (Lipinski definition) is 2. The van der Waals surface area contributed by atoms with Crippen molar-refractivity contribution in [1.29, 1.82) is 0 Å². The van der Waals surface area contributed by atoms with Crippen molar-refractivity contribution in [2.24, 2.45) is 0 Å². The van der Waals surface area contributed by atoms with Gasteiger partial charge in [-0.1, -0.05) is 0 Å². The molecule has 0 fully saturated rings. The van der Waals surface area contributed by atoms with Gasteiger partial charge in [-0.3, -0.25) is 0 Å². The van der Waals surface area contributed by atoms with Gasteiger partial charge in [0.1, 0.15) is 0 Å². The predicted molar refractivity (Wildman–Crippen MR) is 161 cm³/mol. The first-order valence-corrected chi connectivity index (χ1v) is 22.6. The van der Waals surface area contributed by atoms with E-state index in [1.54, 1.807) is 2.89 Å². The summed E-state index contributed by atoms with van der Waals surface area (Å²) in [5.74, 6) is 0.198. The molecule has 1 atom stereocenters. The molecule has 3 aromatic rings. The van der Waals surface area contributed by atoms with Gasteiger partial charge >= 0.3 is 233 Å². The van der Waals surface area contributed by atoms with Crippen LogP contribution in [0.2, 0.25) is 13.3 Å². The first-order valence-electron chi connectivity index (χ1n) is 14.3. The molecule has 0 aliphatic heterocycles. The van der Waals surface area contributed by atoms with Crippen LogP contribution in [-0.4, -0.2) is 29.6 Å². The van der Waals surface area contributed by atoms with Crippen molar-refractivity contribution in [2.45, 2.75) is 91.0 Å². The molecule has 1 heterocycles. The standard InChI is InChI=1S/C20H16NO2S.3C4H9.Sn/c22-20(23)21-18(19-10-5-11-24-19)12-17-15-8-3-1-6-13(15)14-7-2-4-9-16(14)17;3*1-3-4-2;/h1-10,17-18,21H,12H2,(H,22,23);3*1,3-4H2,2H3;. The Bertz CT molecular complexity index is 1110. The average molecular weight is 624 g/mol. The quantitative estimate of drug-likeness (QED) is 0.176. The molecule has 0 radical (unpaired) electrons. The molecular formula is C32H43NO2SSn. The van der Waals surface area contributed by atoms with Crippen molar-refractivity contribution < 1.29 is 9.90 Å². The third-order valence-corrected chi connectivity index (χ3v) is 27.7. The molecule has 1 amide bonds. The monoisotopic (exact) mass is 625 g/mol. The summed E-state index contributed by atoms with van der Waals surface area (Å²) in [7, 11) is 0. The van der Waals surface area contributed by atoms with Crippen molar-refractivity contribution in [3.05, 3.63) is 76.7 Å². The summed E-state index contributed by atoms with van der Waals surface area (Å²) in [6, 6.07) is 21.8. The number of nitrogens with one attached hydrogen (secondary N) is 1. The van der Waals surface area contributed by atoms with Gasteiger partial charge in [-0.25, -0.2) is 0 Å². The van der Waals surface area contributed by atoms with Crippen LogP contribution in [0.3, 0.4) is 0 Å². The summed E-state index contributed by atoms with van der Waals surface area (Å²) in [6.45, 7) is 6.96. The Balaban J connectivity index is 1.68. The fourth-order valence-electron chi connectivity index (χ4n) is 6.26. The van der Waals surface area contributed by atoms with Gasteiger partial charge in [0.15, 0.2) is 0 Å². The minimum atomic E-state index is -2.55. The number of benzene rings is 2. The summed E-state index contributed by atoms with van der Waals surface area (Å²) >= 11 is -0.598. The molecule has 1 unspecified atom stereocenters. The van der Waals surface area contributed by atoms with Gasteiger partial charge in [0, 0.05) is 0 Å². The third-order valence-electron chi connectivity index (χ3n) is 8.25. The van der Waals surface area contributed by atoms with Crippen LogP contribution in [-0.2, 0) is 0 Å². The summed E-state index contributed by atoms with van der Waals surface area (Å²) in [5, 5.41) is 12.8. The fraction of sp³-hybridized carbons (Fsp3) is 0.469. The Morgan fingerprint density at radius 2 is 1.35 bits per heavy atom. The van der Waals surface area contributed by atoms with Crippen molar-refractivity contribution >= 4 is 38.7 Å². The summed E-state index contributed by atoms with van der Waals surface area (Å²) in [6.07, 6.45) is 7.62. The first kappa shape index (κ1) is 28.2. The maximum absolute atomic E-state index is 12.0. The Labute approximate surface area is 231 Å². The van der Waals surface area contributed by atoms with E-state index in [0.29, 0.717) is 0 Å². The molecule has 37 heavy (non-hydrogen) atoms. The molecule has 2 aromatic carbocycles. The Hall–Kier alpha value is -1.79. The number of fused-ring (bicyclic) bond motifs is 3. The Morgan fingerprint density at radius 1 is 0.838 bits per heavy atom. The van der Waals surface area contributed by atoms with E-state index in [0.717, 1.165) is 6.42 Å². The third kappa shape index (κ3) is 6.44. The Morgan fingerprint density at radius 3 is 1.84 bits per heavy atom. The zero-order chi connectivity index (χ0) is 26.3. The van der Waals surface area contributed by atoms with Crippen LogP contribution in [0.5, 0.6) is 0 Å². The van der Waals surface area contributed by atoms with E-state index >= 15 is 0 Å². The molecular weight excluding hydrogens is 581 g/mol. The second-order valence-corrected chi connectivity index (χ2v) is 26.0. The van der Waals surface area contributed by atoms with Gasteiger partial charge in [0.2, 0.25) is 0 Å².